The molecule has 1 atom stereocenters. The molecule has 0 aliphatic heterocycles. The number of hydrogen-bond donors (Lipinski definition) is 2. The zero-order valence-corrected chi connectivity index (χ0v) is 18.2. The summed E-state index contributed by atoms with van der Waals surface area (Å²) in [5.41, 5.74) is 4.88. The number of hydrogen-bond acceptors (Lipinski definition) is 3. The fraction of sp³-hybridized carbons (Fsp3) is 0.545. The molecule has 2 rings (SSSR count). The smallest absolute Gasteiger partial charge is 0.191 e. The van der Waals surface area contributed by atoms with E-state index < -0.39 is 0 Å². The van der Waals surface area contributed by atoms with Crippen LogP contribution in [0.3, 0.4) is 0 Å². The van der Waals surface area contributed by atoms with Gasteiger partial charge in [-0.1, -0.05) is 19.1 Å². The fourth-order valence-electron chi connectivity index (χ4n) is 3.23. The number of aromatic nitrogens is 2. The zero-order chi connectivity index (χ0) is 20.5. The largest absolute Gasteiger partial charge is 0.494 e. The first-order valence-electron chi connectivity index (χ1n) is 10.1. The molecule has 6 heteroatoms. The summed E-state index contributed by atoms with van der Waals surface area (Å²) in [5, 5.41) is 11.4. The molecule has 0 bridgehead atoms. The summed E-state index contributed by atoms with van der Waals surface area (Å²) in [6, 6.07) is 8.57. The van der Waals surface area contributed by atoms with Crippen molar-refractivity contribution in [2.45, 2.75) is 53.0 Å². The maximum absolute atomic E-state index is 5.71. The van der Waals surface area contributed by atoms with Crippen LogP contribution in [-0.4, -0.2) is 42.0 Å². The van der Waals surface area contributed by atoms with Crippen LogP contribution in [0.1, 0.15) is 42.8 Å². The van der Waals surface area contributed by atoms with Gasteiger partial charge in [0, 0.05) is 32.4 Å². The lowest BCUT2D eigenvalue weighted by molar-refractivity contribution is 0.317. The molecule has 0 radical (unpaired) electrons. The van der Waals surface area contributed by atoms with Crippen molar-refractivity contribution in [1.29, 1.82) is 0 Å². The molecule has 0 aliphatic carbocycles. The summed E-state index contributed by atoms with van der Waals surface area (Å²) in [5.74, 6) is 1.77. The van der Waals surface area contributed by atoms with Crippen LogP contribution in [0.2, 0.25) is 0 Å². The van der Waals surface area contributed by atoms with E-state index in [2.05, 4.69) is 60.6 Å². The van der Waals surface area contributed by atoms with E-state index in [0.29, 0.717) is 0 Å². The number of aliphatic imine (C=N–C) groups is 1. The Hall–Kier alpha value is -2.50. The molecule has 0 saturated heterocycles. The number of nitrogens with one attached hydrogen (secondary N) is 2. The standard InChI is InChI=1S/C22H35N5O/c1-7-13-28-20-10-8-9-19(15-20)11-12-24-22(23-5)25-16(2)14-21-17(3)26-27(6)18(21)4/h8-10,15-16H,7,11-14H2,1-6H3,(H2,23,24,25). The average Bonchev–Trinajstić information content (AvgIpc) is 2.92. The van der Waals surface area contributed by atoms with E-state index in [0.717, 1.165) is 49.8 Å². The molecule has 28 heavy (non-hydrogen) atoms. The molecule has 2 N–H and O–H groups in total. The topological polar surface area (TPSA) is 63.5 Å². The Morgan fingerprint density at radius 2 is 2.11 bits per heavy atom. The van der Waals surface area contributed by atoms with Gasteiger partial charge >= 0.3 is 0 Å². The molecule has 0 fully saturated rings. The van der Waals surface area contributed by atoms with E-state index >= 15 is 0 Å². The highest BCUT2D eigenvalue weighted by molar-refractivity contribution is 5.79. The van der Waals surface area contributed by atoms with Gasteiger partial charge in [-0.2, -0.15) is 5.10 Å². The lowest BCUT2D eigenvalue weighted by Crippen LogP contribution is -2.43. The van der Waals surface area contributed by atoms with E-state index in [4.69, 9.17) is 4.74 Å². The normalized spacial score (nSPS) is 12.7. The van der Waals surface area contributed by atoms with E-state index in [9.17, 15) is 0 Å². The molecular weight excluding hydrogens is 350 g/mol. The highest BCUT2D eigenvalue weighted by Gasteiger charge is 2.14. The molecule has 1 aromatic heterocycles. The first-order valence-corrected chi connectivity index (χ1v) is 10.1. The van der Waals surface area contributed by atoms with Gasteiger partial charge in [0.1, 0.15) is 5.75 Å². The van der Waals surface area contributed by atoms with Crippen molar-refractivity contribution in [1.82, 2.24) is 20.4 Å². The van der Waals surface area contributed by atoms with E-state index in [-0.39, 0.29) is 6.04 Å². The molecule has 154 valence electrons. The molecule has 0 saturated carbocycles. The predicted molar refractivity (Wildman–Crippen MR) is 116 cm³/mol. The van der Waals surface area contributed by atoms with Crippen LogP contribution in [0.5, 0.6) is 5.75 Å². The van der Waals surface area contributed by atoms with E-state index in [1.807, 2.05) is 30.9 Å². The van der Waals surface area contributed by atoms with Crippen LogP contribution >= 0.6 is 0 Å². The molecule has 1 unspecified atom stereocenters. The zero-order valence-electron chi connectivity index (χ0n) is 18.2. The average molecular weight is 386 g/mol. The molecule has 2 aromatic rings. The van der Waals surface area contributed by atoms with Gasteiger partial charge in [0.25, 0.3) is 0 Å². The van der Waals surface area contributed by atoms with Crippen LogP contribution in [0.4, 0.5) is 0 Å². The second-order valence-electron chi connectivity index (χ2n) is 7.27. The molecule has 6 nitrogen and oxygen atoms in total. The summed E-state index contributed by atoms with van der Waals surface area (Å²) >= 11 is 0. The summed E-state index contributed by atoms with van der Waals surface area (Å²) in [4.78, 5) is 4.36. The van der Waals surface area contributed by atoms with Crippen LogP contribution in [0, 0.1) is 13.8 Å². The van der Waals surface area contributed by atoms with Crippen LogP contribution in [0.25, 0.3) is 0 Å². The SMILES string of the molecule is CCCOc1cccc(CCNC(=NC)NC(C)Cc2c(C)nn(C)c2C)c1. The first-order chi connectivity index (χ1) is 13.4. The first kappa shape index (κ1) is 21.8. The summed E-state index contributed by atoms with van der Waals surface area (Å²) in [6.45, 7) is 10.0. The third-order valence-electron chi connectivity index (χ3n) is 4.85. The third-order valence-corrected chi connectivity index (χ3v) is 4.85. The Balaban J connectivity index is 1.82. The quantitative estimate of drug-likeness (QED) is 0.514. The second kappa shape index (κ2) is 10.7. The van der Waals surface area contributed by atoms with Crippen molar-refractivity contribution >= 4 is 5.96 Å². The van der Waals surface area contributed by atoms with Gasteiger partial charge in [0.2, 0.25) is 0 Å². The molecule has 0 amide bonds. The Labute approximate surface area is 169 Å². The van der Waals surface area contributed by atoms with Crippen molar-refractivity contribution in [3.8, 4) is 5.75 Å². The van der Waals surface area contributed by atoms with Gasteiger partial charge < -0.3 is 15.4 Å². The third kappa shape index (κ3) is 6.29. The monoisotopic (exact) mass is 385 g/mol. The van der Waals surface area contributed by atoms with Gasteiger partial charge in [0.15, 0.2) is 5.96 Å². The van der Waals surface area contributed by atoms with Gasteiger partial charge in [-0.05, 0) is 63.3 Å². The lowest BCUT2D eigenvalue weighted by atomic mass is 10.1. The minimum absolute atomic E-state index is 0.263. The van der Waals surface area contributed by atoms with Crippen molar-refractivity contribution in [2.24, 2.45) is 12.0 Å². The molecule has 0 aliphatic rings. The Bertz CT molecular complexity index is 781. The molecule has 1 heterocycles. The minimum Gasteiger partial charge on any atom is -0.494 e. The van der Waals surface area contributed by atoms with Crippen molar-refractivity contribution < 1.29 is 4.74 Å². The highest BCUT2D eigenvalue weighted by Crippen LogP contribution is 2.15. The summed E-state index contributed by atoms with van der Waals surface area (Å²) in [6.07, 6.45) is 2.85. The maximum Gasteiger partial charge on any atom is 0.191 e. The van der Waals surface area contributed by atoms with Crippen LogP contribution in [-0.2, 0) is 19.9 Å². The highest BCUT2D eigenvalue weighted by atomic mass is 16.5. The van der Waals surface area contributed by atoms with Crippen LogP contribution < -0.4 is 15.4 Å². The van der Waals surface area contributed by atoms with Gasteiger partial charge in [-0.3, -0.25) is 9.67 Å². The Morgan fingerprint density at radius 3 is 2.75 bits per heavy atom. The summed E-state index contributed by atoms with van der Waals surface area (Å²) in [7, 11) is 3.80. The predicted octanol–water partition coefficient (Wildman–Crippen LogP) is 3.16. The van der Waals surface area contributed by atoms with Gasteiger partial charge in [-0.15, -0.1) is 0 Å². The van der Waals surface area contributed by atoms with E-state index in [1.165, 1.54) is 16.8 Å². The fourth-order valence-corrected chi connectivity index (χ4v) is 3.23. The Kier molecular flexibility index (Phi) is 8.36. The Morgan fingerprint density at radius 1 is 1.32 bits per heavy atom. The van der Waals surface area contributed by atoms with Crippen molar-refractivity contribution in [3.63, 3.8) is 0 Å². The lowest BCUT2D eigenvalue weighted by Gasteiger charge is -2.18. The number of benzene rings is 1. The van der Waals surface area contributed by atoms with E-state index in [1.54, 1.807) is 0 Å². The van der Waals surface area contributed by atoms with Gasteiger partial charge in [0.05, 0.1) is 12.3 Å². The maximum atomic E-state index is 5.71. The number of guanidine groups is 1. The minimum atomic E-state index is 0.263. The van der Waals surface area contributed by atoms with Crippen LogP contribution in [0.15, 0.2) is 29.3 Å². The van der Waals surface area contributed by atoms with Crippen molar-refractivity contribution in [3.05, 3.63) is 46.8 Å². The molecular formula is C22H35N5O. The van der Waals surface area contributed by atoms with Crippen molar-refractivity contribution in [2.75, 3.05) is 20.2 Å². The molecule has 0 spiro atoms. The summed E-state index contributed by atoms with van der Waals surface area (Å²) < 4.78 is 7.66. The number of ether oxygens (including phenoxy) is 1. The molecule has 1 aromatic carbocycles. The van der Waals surface area contributed by atoms with Gasteiger partial charge in [-0.25, -0.2) is 0 Å². The number of rotatable bonds is 9. The number of aryl methyl sites for hydroxylation is 2. The number of nitrogens with zero attached hydrogens (tertiary/aromatic N) is 3. The second-order valence-corrected chi connectivity index (χ2v) is 7.27.